The van der Waals surface area contributed by atoms with Crippen LogP contribution in [0.25, 0.3) is 0 Å². The number of hydrogen-bond acceptors (Lipinski definition) is 6. The second kappa shape index (κ2) is 17.0. The van der Waals surface area contributed by atoms with Crippen molar-refractivity contribution < 1.29 is 28.8 Å². The van der Waals surface area contributed by atoms with E-state index in [9.17, 15) is 5.11 Å². The highest BCUT2D eigenvalue weighted by atomic mass is 35.5. The van der Waals surface area contributed by atoms with Crippen LogP contribution >= 0.6 is 11.6 Å². The van der Waals surface area contributed by atoms with Crippen molar-refractivity contribution in [3.05, 3.63) is 172 Å². The van der Waals surface area contributed by atoms with Crippen LogP contribution in [-0.2, 0) is 51.0 Å². The van der Waals surface area contributed by atoms with Crippen molar-refractivity contribution in [3.8, 4) is 5.75 Å². The monoisotopic (exact) mass is 706 g/mol. The number of hydrogen-bond donors (Lipinski definition) is 1. The van der Waals surface area contributed by atoms with Gasteiger partial charge in [0, 0.05) is 10.6 Å². The highest BCUT2D eigenvalue weighted by molar-refractivity contribution is 6.31. The average molecular weight is 707 g/mol. The zero-order chi connectivity index (χ0) is 35.7. The summed E-state index contributed by atoms with van der Waals surface area (Å²) >= 11 is 6.82. The number of benzene rings is 5. The molecule has 1 fully saturated rings. The molecule has 4 atom stereocenters. The SMILES string of the molecule is CCC1(CC)OC(O)(c2ccc(Cl)c(Cc3ccc(OC)cc3)c2)C(OCc2ccccc2)C(OCc2ccccc2)C1OCc1ccccc1. The van der Waals surface area contributed by atoms with E-state index in [2.05, 4.69) is 13.8 Å². The van der Waals surface area contributed by atoms with E-state index in [1.54, 1.807) is 7.11 Å². The Bertz CT molecular complexity index is 1800. The van der Waals surface area contributed by atoms with Gasteiger partial charge >= 0.3 is 0 Å². The molecule has 0 saturated carbocycles. The van der Waals surface area contributed by atoms with Crippen LogP contribution in [-0.4, -0.2) is 36.1 Å². The summed E-state index contributed by atoms with van der Waals surface area (Å²) in [4.78, 5) is 0. The maximum absolute atomic E-state index is 13.2. The minimum absolute atomic E-state index is 0.228. The highest BCUT2D eigenvalue weighted by Gasteiger charge is 2.62. The van der Waals surface area contributed by atoms with Gasteiger partial charge in [0.15, 0.2) is 0 Å². The van der Waals surface area contributed by atoms with E-state index >= 15 is 0 Å². The van der Waals surface area contributed by atoms with Gasteiger partial charge in [-0.05, 0) is 71.3 Å². The standard InChI is InChI=1S/C44H47ClO6/c1-4-43(5-2)41(49-30-34-17-11-7-12-18-34)40(48-29-33-15-9-6-10-16-33)42(50-31-35-19-13-8-14-20-35)44(46,51-43)37-23-26-39(45)36(28-37)27-32-21-24-38(47-3)25-22-32/h6-26,28,40-42,46H,4-5,27,29-31H2,1-3H3. The van der Waals surface area contributed by atoms with Crippen molar-refractivity contribution in [3.63, 3.8) is 0 Å². The van der Waals surface area contributed by atoms with Gasteiger partial charge in [-0.2, -0.15) is 0 Å². The third-order valence-corrected chi connectivity index (χ3v) is 10.3. The summed E-state index contributed by atoms with van der Waals surface area (Å²) in [6.07, 6.45) is -0.613. The average Bonchev–Trinajstić information content (AvgIpc) is 3.18. The van der Waals surface area contributed by atoms with Crippen LogP contribution in [0.4, 0.5) is 0 Å². The lowest BCUT2D eigenvalue weighted by Gasteiger charge is -2.56. The van der Waals surface area contributed by atoms with Gasteiger partial charge in [0.05, 0.1) is 26.9 Å². The molecule has 4 unspecified atom stereocenters. The van der Waals surface area contributed by atoms with Crippen LogP contribution in [0.5, 0.6) is 5.75 Å². The molecule has 0 radical (unpaired) electrons. The molecule has 1 aliphatic rings. The smallest absolute Gasteiger partial charge is 0.223 e. The third kappa shape index (κ3) is 8.56. The molecule has 6 nitrogen and oxygen atoms in total. The summed E-state index contributed by atoms with van der Waals surface area (Å²) in [5.74, 6) is -1.14. The molecule has 7 heteroatoms. The summed E-state index contributed by atoms with van der Waals surface area (Å²) in [5.41, 5.74) is 4.51. The number of halogens is 1. The van der Waals surface area contributed by atoms with Crippen LogP contribution in [0.2, 0.25) is 5.02 Å². The lowest BCUT2D eigenvalue weighted by atomic mass is 9.77. The number of methoxy groups -OCH3 is 1. The molecule has 0 amide bonds. The van der Waals surface area contributed by atoms with Gasteiger partial charge in [0.25, 0.3) is 0 Å². The molecule has 1 saturated heterocycles. The molecule has 6 rings (SSSR count). The van der Waals surface area contributed by atoms with Crippen LogP contribution in [0.15, 0.2) is 133 Å². The Hall–Kier alpha value is -4.01. The fourth-order valence-corrected chi connectivity index (χ4v) is 7.12. The predicted octanol–water partition coefficient (Wildman–Crippen LogP) is 9.43. The van der Waals surface area contributed by atoms with Crippen molar-refractivity contribution in [1.29, 1.82) is 0 Å². The lowest BCUT2D eigenvalue weighted by molar-refractivity contribution is -0.404. The molecule has 1 heterocycles. The summed E-state index contributed by atoms with van der Waals surface area (Å²) in [6, 6.07) is 43.5. The Morgan fingerprint density at radius 2 is 1.14 bits per heavy atom. The zero-order valence-electron chi connectivity index (χ0n) is 29.5. The van der Waals surface area contributed by atoms with Crippen molar-refractivity contribution >= 4 is 11.6 Å². The van der Waals surface area contributed by atoms with Crippen molar-refractivity contribution in [2.75, 3.05) is 7.11 Å². The van der Waals surface area contributed by atoms with Gasteiger partial charge in [-0.25, -0.2) is 0 Å². The number of ether oxygens (including phenoxy) is 5. The zero-order valence-corrected chi connectivity index (χ0v) is 30.3. The Kier molecular flexibility index (Phi) is 12.3. The minimum Gasteiger partial charge on any atom is -0.497 e. The summed E-state index contributed by atoms with van der Waals surface area (Å²) < 4.78 is 33.0. The Labute approximate surface area is 306 Å². The molecule has 5 aromatic rings. The van der Waals surface area contributed by atoms with Crippen LogP contribution in [0, 0.1) is 0 Å². The number of rotatable bonds is 15. The van der Waals surface area contributed by atoms with Gasteiger partial charge in [0.1, 0.15) is 29.7 Å². The van der Waals surface area contributed by atoms with Crippen molar-refractivity contribution in [2.45, 2.75) is 82.6 Å². The van der Waals surface area contributed by atoms with E-state index in [1.165, 1.54) is 0 Å². The molecular formula is C44H47ClO6. The summed E-state index contributed by atoms with van der Waals surface area (Å²) in [7, 11) is 1.65. The van der Waals surface area contributed by atoms with Gasteiger partial charge in [-0.15, -0.1) is 0 Å². The van der Waals surface area contributed by atoms with E-state index in [0.29, 0.717) is 43.1 Å². The quantitative estimate of drug-likeness (QED) is 0.117. The van der Waals surface area contributed by atoms with Crippen molar-refractivity contribution in [1.82, 2.24) is 0 Å². The van der Waals surface area contributed by atoms with E-state index < -0.39 is 29.7 Å². The van der Waals surface area contributed by atoms with Gasteiger partial charge < -0.3 is 28.8 Å². The fourth-order valence-electron chi connectivity index (χ4n) is 6.94. The van der Waals surface area contributed by atoms with E-state index in [-0.39, 0.29) is 6.61 Å². The highest BCUT2D eigenvalue weighted by Crippen LogP contribution is 2.48. The topological polar surface area (TPSA) is 66.4 Å². The molecule has 51 heavy (non-hydrogen) atoms. The van der Waals surface area contributed by atoms with Crippen molar-refractivity contribution in [2.24, 2.45) is 0 Å². The lowest BCUT2D eigenvalue weighted by Crippen LogP contribution is -2.69. The molecular weight excluding hydrogens is 660 g/mol. The molecule has 0 spiro atoms. The molecule has 0 bridgehead atoms. The second-order valence-corrected chi connectivity index (χ2v) is 13.5. The van der Waals surface area contributed by atoms with Crippen LogP contribution < -0.4 is 4.74 Å². The molecule has 1 N–H and O–H groups in total. The van der Waals surface area contributed by atoms with Gasteiger partial charge in [0.2, 0.25) is 5.79 Å². The normalized spacial score (nSPS) is 21.3. The molecule has 266 valence electrons. The maximum Gasteiger partial charge on any atom is 0.223 e. The first-order chi connectivity index (χ1) is 24.9. The Morgan fingerprint density at radius 3 is 1.65 bits per heavy atom. The van der Waals surface area contributed by atoms with Gasteiger partial charge in [-0.3, -0.25) is 0 Å². The molecule has 0 aliphatic carbocycles. The Balaban J connectivity index is 1.44. The largest absolute Gasteiger partial charge is 0.497 e. The third-order valence-electron chi connectivity index (χ3n) is 9.90. The maximum atomic E-state index is 13.2. The Morgan fingerprint density at radius 1 is 0.627 bits per heavy atom. The van der Waals surface area contributed by atoms with E-state index in [4.69, 9.17) is 35.3 Å². The van der Waals surface area contributed by atoms with Gasteiger partial charge in [-0.1, -0.05) is 135 Å². The fraction of sp³-hybridized carbons (Fsp3) is 0.318. The van der Waals surface area contributed by atoms with E-state index in [0.717, 1.165) is 33.6 Å². The molecule has 0 aromatic heterocycles. The van der Waals surface area contributed by atoms with Crippen LogP contribution in [0.1, 0.15) is 60.1 Å². The first-order valence-electron chi connectivity index (χ1n) is 17.7. The second-order valence-electron chi connectivity index (χ2n) is 13.1. The van der Waals surface area contributed by atoms with Crippen LogP contribution in [0.3, 0.4) is 0 Å². The molecule has 5 aromatic carbocycles. The first-order valence-corrected chi connectivity index (χ1v) is 18.1. The minimum atomic E-state index is -1.92. The predicted molar refractivity (Wildman–Crippen MR) is 201 cm³/mol. The van der Waals surface area contributed by atoms with E-state index in [1.807, 2.05) is 133 Å². The number of aliphatic hydroxyl groups is 1. The molecule has 1 aliphatic heterocycles. The first kappa shape index (κ1) is 36.8. The summed E-state index contributed by atoms with van der Waals surface area (Å²) in [5, 5.41) is 13.7. The summed E-state index contributed by atoms with van der Waals surface area (Å²) in [6.45, 7) is 5.01.